The number of nitro groups is 1. The second-order valence-electron chi connectivity index (χ2n) is 2.36. The number of benzene rings is 1. The van der Waals surface area contributed by atoms with Crippen LogP contribution < -0.4 is 6.15 Å². The molecule has 0 amide bonds. The molecule has 0 saturated carbocycles. The number of para-hydroxylation sites is 1. The molecule has 0 atom stereocenters. The molecule has 0 heterocycles. The highest BCUT2D eigenvalue weighted by Gasteiger charge is 2.10. The van der Waals surface area contributed by atoms with Gasteiger partial charge >= 0.3 is 0 Å². The van der Waals surface area contributed by atoms with E-state index in [0.717, 1.165) is 0 Å². The standard InChI is InChI=1S/C8H9NO3.H3N/c10-6-5-7-3-1-2-4-8(7)9(11)12;/h1-4,10H,5-6H2;1H3. The van der Waals surface area contributed by atoms with Gasteiger partial charge in [-0.1, -0.05) is 18.2 Å². The summed E-state index contributed by atoms with van der Waals surface area (Å²) in [6.07, 6.45) is 0.331. The van der Waals surface area contributed by atoms with Crippen molar-refractivity contribution in [2.24, 2.45) is 0 Å². The molecule has 0 aliphatic heterocycles. The summed E-state index contributed by atoms with van der Waals surface area (Å²) in [6.45, 7) is -0.0646. The number of aliphatic hydroxyl groups excluding tert-OH is 1. The third-order valence-electron chi connectivity index (χ3n) is 1.57. The van der Waals surface area contributed by atoms with E-state index < -0.39 is 4.92 Å². The smallest absolute Gasteiger partial charge is 0.272 e. The van der Waals surface area contributed by atoms with Crippen molar-refractivity contribution in [3.05, 3.63) is 39.9 Å². The van der Waals surface area contributed by atoms with Crippen LogP contribution in [0.4, 0.5) is 5.69 Å². The van der Waals surface area contributed by atoms with Gasteiger partial charge in [0.15, 0.2) is 0 Å². The molecule has 4 N–H and O–H groups in total. The summed E-state index contributed by atoms with van der Waals surface area (Å²) in [4.78, 5) is 9.98. The summed E-state index contributed by atoms with van der Waals surface area (Å²) < 4.78 is 0. The van der Waals surface area contributed by atoms with Crippen molar-refractivity contribution in [2.45, 2.75) is 6.42 Å². The molecule has 5 nitrogen and oxygen atoms in total. The molecule has 0 unspecified atom stereocenters. The molecule has 1 aromatic carbocycles. The fourth-order valence-electron chi connectivity index (χ4n) is 1.02. The van der Waals surface area contributed by atoms with Crippen molar-refractivity contribution in [1.29, 1.82) is 0 Å². The maximum Gasteiger partial charge on any atom is 0.272 e. The summed E-state index contributed by atoms with van der Waals surface area (Å²) in [6, 6.07) is 6.41. The molecular weight excluding hydrogens is 172 g/mol. The lowest BCUT2D eigenvalue weighted by atomic mass is 10.1. The van der Waals surface area contributed by atoms with E-state index in [4.69, 9.17) is 5.11 Å². The predicted octanol–water partition coefficient (Wildman–Crippen LogP) is 1.29. The van der Waals surface area contributed by atoms with E-state index in [9.17, 15) is 10.1 Å². The molecule has 0 aliphatic carbocycles. The van der Waals surface area contributed by atoms with E-state index >= 15 is 0 Å². The van der Waals surface area contributed by atoms with Crippen LogP contribution in [0.15, 0.2) is 24.3 Å². The molecule has 0 spiro atoms. The van der Waals surface area contributed by atoms with E-state index in [1.807, 2.05) is 0 Å². The molecule has 0 aliphatic rings. The molecule has 72 valence electrons. The lowest BCUT2D eigenvalue weighted by Crippen LogP contribution is -1.97. The highest BCUT2D eigenvalue weighted by Crippen LogP contribution is 2.17. The summed E-state index contributed by atoms with van der Waals surface area (Å²) in [5.41, 5.74) is 0.650. The summed E-state index contributed by atoms with van der Waals surface area (Å²) >= 11 is 0. The van der Waals surface area contributed by atoms with Crippen LogP contribution in [0.25, 0.3) is 0 Å². The second-order valence-corrected chi connectivity index (χ2v) is 2.36. The van der Waals surface area contributed by atoms with Crippen molar-refractivity contribution in [3.63, 3.8) is 0 Å². The average Bonchev–Trinajstić information content (AvgIpc) is 2.05. The highest BCUT2D eigenvalue weighted by molar-refractivity contribution is 5.39. The molecule has 1 rings (SSSR count). The molecule has 0 aromatic heterocycles. The van der Waals surface area contributed by atoms with Gasteiger partial charge in [-0.15, -0.1) is 0 Å². The Hall–Kier alpha value is -1.46. The van der Waals surface area contributed by atoms with E-state index in [1.54, 1.807) is 18.2 Å². The summed E-state index contributed by atoms with van der Waals surface area (Å²) in [5, 5.41) is 19.0. The minimum Gasteiger partial charge on any atom is -0.396 e. The number of nitro benzene ring substituents is 1. The van der Waals surface area contributed by atoms with Gasteiger partial charge in [0.2, 0.25) is 0 Å². The highest BCUT2D eigenvalue weighted by atomic mass is 16.6. The predicted molar refractivity (Wildman–Crippen MR) is 48.9 cm³/mol. The van der Waals surface area contributed by atoms with Crippen LogP contribution in [0.3, 0.4) is 0 Å². The Morgan fingerprint density at radius 3 is 2.54 bits per heavy atom. The zero-order valence-corrected chi connectivity index (χ0v) is 7.14. The van der Waals surface area contributed by atoms with Crippen LogP contribution in [0, 0.1) is 10.1 Å². The van der Waals surface area contributed by atoms with Crippen molar-refractivity contribution < 1.29 is 10.0 Å². The van der Waals surface area contributed by atoms with E-state index in [0.29, 0.717) is 12.0 Å². The molecular formula is C8H12N2O3. The monoisotopic (exact) mass is 184 g/mol. The van der Waals surface area contributed by atoms with Crippen LogP contribution in [-0.4, -0.2) is 16.6 Å². The van der Waals surface area contributed by atoms with Gasteiger partial charge in [0.1, 0.15) is 0 Å². The number of aliphatic hydroxyl groups is 1. The lowest BCUT2D eigenvalue weighted by molar-refractivity contribution is -0.385. The minimum absolute atomic E-state index is 0. The normalized spacial score (nSPS) is 9.00. The molecule has 13 heavy (non-hydrogen) atoms. The first-order valence-electron chi connectivity index (χ1n) is 3.59. The van der Waals surface area contributed by atoms with Gasteiger partial charge in [-0.25, -0.2) is 0 Å². The Morgan fingerprint density at radius 1 is 1.38 bits per heavy atom. The maximum absolute atomic E-state index is 10.4. The van der Waals surface area contributed by atoms with E-state index in [-0.39, 0.29) is 18.4 Å². The van der Waals surface area contributed by atoms with Gasteiger partial charge < -0.3 is 11.3 Å². The Kier molecular flexibility index (Phi) is 4.64. The molecule has 5 heteroatoms. The molecule has 0 radical (unpaired) electrons. The minimum atomic E-state index is -0.439. The zero-order valence-electron chi connectivity index (χ0n) is 7.14. The third-order valence-corrected chi connectivity index (χ3v) is 1.57. The van der Waals surface area contributed by atoms with Crippen LogP contribution in [0.5, 0.6) is 0 Å². The Labute approximate surface area is 75.7 Å². The number of hydrogen-bond donors (Lipinski definition) is 2. The van der Waals surface area contributed by atoms with Crippen LogP contribution in [-0.2, 0) is 6.42 Å². The van der Waals surface area contributed by atoms with Crippen molar-refractivity contribution in [1.82, 2.24) is 6.15 Å². The average molecular weight is 184 g/mol. The van der Waals surface area contributed by atoms with Crippen LogP contribution in [0.1, 0.15) is 5.56 Å². The van der Waals surface area contributed by atoms with Gasteiger partial charge in [-0.05, 0) is 0 Å². The van der Waals surface area contributed by atoms with Crippen molar-refractivity contribution >= 4 is 5.69 Å². The first kappa shape index (κ1) is 11.5. The van der Waals surface area contributed by atoms with Crippen LogP contribution in [0.2, 0.25) is 0 Å². The summed E-state index contributed by atoms with van der Waals surface area (Å²) in [5.74, 6) is 0. The van der Waals surface area contributed by atoms with E-state index in [1.165, 1.54) is 6.07 Å². The number of rotatable bonds is 3. The molecule has 1 aromatic rings. The van der Waals surface area contributed by atoms with Gasteiger partial charge in [0.05, 0.1) is 4.92 Å². The lowest BCUT2D eigenvalue weighted by Gasteiger charge is -1.98. The first-order valence-corrected chi connectivity index (χ1v) is 3.59. The Bertz CT molecular complexity index is 288. The third kappa shape index (κ3) is 2.81. The molecule has 0 bridgehead atoms. The molecule has 0 fully saturated rings. The Balaban J connectivity index is 0.00000144. The number of nitrogens with zero attached hydrogens (tertiary/aromatic N) is 1. The number of hydrogen-bond acceptors (Lipinski definition) is 4. The second kappa shape index (κ2) is 5.23. The van der Waals surface area contributed by atoms with Crippen LogP contribution >= 0.6 is 0 Å². The zero-order chi connectivity index (χ0) is 8.97. The maximum atomic E-state index is 10.4. The largest absolute Gasteiger partial charge is 0.396 e. The van der Waals surface area contributed by atoms with E-state index in [2.05, 4.69) is 0 Å². The molecule has 0 saturated heterocycles. The SMILES string of the molecule is N.O=[N+]([O-])c1ccccc1CCO. The van der Waals surface area contributed by atoms with Gasteiger partial charge in [0, 0.05) is 24.7 Å². The van der Waals surface area contributed by atoms with Crippen molar-refractivity contribution in [3.8, 4) is 0 Å². The Morgan fingerprint density at radius 2 is 2.00 bits per heavy atom. The summed E-state index contributed by atoms with van der Waals surface area (Å²) in [7, 11) is 0. The van der Waals surface area contributed by atoms with Gasteiger partial charge in [0.25, 0.3) is 5.69 Å². The topological polar surface area (TPSA) is 98.4 Å². The first-order chi connectivity index (χ1) is 5.75. The fourth-order valence-corrected chi connectivity index (χ4v) is 1.02. The van der Waals surface area contributed by atoms with Gasteiger partial charge in [-0.2, -0.15) is 0 Å². The quantitative estimate of drug-likeness (QED) is 0.546. The van der Waals surface area contributed by atoms with Gasteiger partial charge in [-0.3, -0.25) is 10.1 Å². The van der Waals surface area contributed by atoms with Crippen molar-refractivity contribution in [2.75, 3.05) is 6.61 Å². The fraction of sp³-hybridized carbons (Fsp3) is 0.250.